The van der Waals surface area contributed by atoms with Crippen molar-refractivity contribution in [1.82, 2.24) is 24.5 Å². The van der Waals surface area contributed by atoms with Crippen molar-refractivity contribution in [2.75, 3.05) is 5.32 Å². The average Bonchev–Trinajstić information content (AvgIpc) is 3.63. The first-order chi connectivity index (χ1) is 19.4. The van der Waals surface area contributed by atoms with E-state index in [4.69, 9.17) is 0 Å². The van der Waals surface area contributed by atoms with Crippen LogP contribution in [0.2, 0.25) is 0 Å². The molecule has 2 N–H and O–H groups in total. The number of nitrogens with zero attached hydrogens (tertiary/aromatic N) is 4. The van der Waals surface area contributed by atoms with Gasteiger partial charge in [0.25, 0.3) is 5.91 Å². The number of fused-ring (bicyclic) bond motifs is 2. The lowest BCUT2D eigenvalue weighted by molar-refractivity contribution is -0.117. The molecule has 0 saturated heterocycles. The van der Waals surface area contributed by atoms with Crippen LogP contribution in [0.5, 0.6) is 0 Å². The van der Waals surface area contributed by atoms with E-state index in [1.807, 2.05) is 49.6 Å². The fraction of sp³-hybridized carbons (Fsp3) is 0.290. The molecular weight excluding hydrogens is 507 g/mol. The van der Waals surface area contributed by atoms with E-state index in [1.165, 1.54) is 12.1 Å². The normalized spacial score (nSPS) is 14.0. The van der Waals surface area contributed by atoms with Crippen LogP contribution < -0.4 is 10.6 Å². The van der Waals surface area contributed by atoms with E-state index in [0.717, 1.165) is 54.3 Å². The molecule has 1 aliphatic rings. The molecule has 2 aromatic carbocycles. The first kappa shape index (κ1) is 25.7. The molecule has 5 aromatic rings. The van der Waals surface area contributed by atoms with Gasteiger partial charge in [-0.25, -0.2) is 8.91 Å². The van der Waals surface area contributed by atoms with Crippen molar-refractivity contribution in [2.24, 2.45) is 5.92 Å². The van der Waals surface area contributed by atoms with Crippen LogP contribution in [0.25, 0.3) is 27.7 Å². The van der Waals surface area contributed by atoms with E-state index in [1.54, 1.807) is 16.6 Å². The number of rotatable bonds is 9. The zero-order valence-electron chi connectivity index (χ0n) is 22.5. The molecule has 1 fully saturated rings. The van der Waals surface area contributed by atoms with Crippen molar-refractivity contribution in [2.45, 2.75) is 52.1 Å². The summed E-state index contributed by atoms with van der Waals surface area (Å²) in [5.74, 6) is -0.211. The van der Waals surface area contributed by atoms with Gasteiger partial charge in [-0.2, -0.15) is 4.98 Å². The SMILES string of the molecule is CCCCn1cc(C(=O)N[C@@H](C)c2cccc(F)c2)c2cc(-c3ccn4nc(NC(=O)C5CC5)nc4c3)ccc21. The number of aryl methyl sites for hydroxylation is 1. The number of halogens is 1. The van der Waals surface area contributed by atoms with Crippen LogP contribution in [0.3, 0.4) is 0 Å². The maximum atomic E-state index is 13.8. The second-order valence-electron chi connectivity index (χ2n) is 10.5. The third-order valence-electron chi connectivity index (χ3n) is 7.43. The highest BCUT2D eigenvalue weighted by molar-refractivity contribution is 6.08. The van der Waals surface area contributed by atoms with Crippen molar-refractivity contribution >= 4 is 34.3 Å². The molecule has 9 heteroatoms. The third-order valence-corrected chi connectivity index (χ3v) is 7.43. The Morgan fingerprint density at radius 3 is 2.70 bits per heavy atom. The van der Waals surface area contributed by atoms with Gasteiger partial charge >= 0.3 is 0 Å². The van der Waals surface area contributed by atoms with Gasteiger partial charge in [-0.3, -0.25) is 14.9 Å². The van der Waals surface area contributed by atoms with Crippen LogP contribution in [0.15, 0.2) is 67.0 Å². The van der Waals surface area contributed by atoms with Crippen molar-refractivity contribution in [1.29, 1.82) is 0 Å². The Morgan fingerprint density at radius 1 is 1.10 bits per heavy atom. The Morgan fingerprint density at radius 2 is 1.93 bits per heavy atom. The largest absolute Gasteiger partial charge is 0.347 e. The number of hydrogen-bond acceptors (Lipinski definition) is 4. The number of pyridine rings is 1. The molecule has 3 heterocycles. The molecule has 0 spiro atoms. The van der Waals surface area contributed by atoms with Gasteiger partial charge in [-0.15, -0.1) is 5.10 Å². The quantitative estimate of drug-likeness (QED) is 0.236. The molecule has 3 aromatic heterocycles. The number of benzene rings is 2. The third kappa shape index (κ3) is 5.19. The van der Waals surface area contributed by atoms with Crippen LogP contribution in [0.1, 0.15) is 61.5 Å². The summed E-state index contributed by atoms with van der Waals surface area (Å²) in [6.07, 6.45) is 7.59. The van der Waals surface area contributed by atoms with Crippen molar-refractivity contribution in [3.05, 3.63) is 83.9 Å². The Kier molecular flexibility index (Phi) is 6.79. The first-order valence-corrected chi connectivity index (χ1v) is 13.8. The van der Waals surface area contributed by atoms with Gasteiger partial charge in [-0.1, -0.05) is 31.5 Å². The van der Waals surface area contributed by atoms with Gasteiger partial charge in [-0.05, 0) is 79.3 Å². The zero-order valence-corrected chi connectivity index (χ0v) is 22.5. The molecule has 0 unspecified atom stereocenters. The molecule has 1 atom stereocenters. The lowest BCUT2D eigenvalue weighted by Gasteiger charge is -2.14. The van der Waals surface area contributed by atoms with Crippen LogP contribution in [-0.2, 0) is 11.3 Å². The van der Waals surface area contributed by atoms with E-state index >= 15 is 0 Å². The minimum atomic E-state index is -0.356. The lowest BCUT2D eigenvalue weighted by atomic mass is 10.0. The number of aromatic nitrogens is 4. The average molecular weight is 539 g/mol. The Hall–Kier alpha value is -4.53. The summed E-state index contributed by atoms with van der Waals surface area (Å²) in [5, 5.41) is 11.0. The van der Waals surface area contributed by atoms with Crippen molar-refractivity contribution in [3.63, 3.8) is 0 Å². The molecular formula is C31H31FN6O2. The molecule has 0 aliphatic heterocycles. The number of hydrogen-bond donors (Lipinski definition) is 2. The molecule has 1 saturated carbocycles. The van der Waals surface area contributed by atoms with Crippen molar-refractivity contribution in [3.8, 4) is 11.1 Å². The summed E-state index contributed by atoms with van der Waals surface area (Å²) in [7, 11) is 0. The maximum Gasteiger partial charge on any atom is 0.253 e. The smallest absolute Gasteiger partial charge is 0.253 e. The molecule has 2 amide bonds. The molecule has 8 nitrogen and oxygen atoms in total. The highest BCUT2D eigenvalue weighted by Gasteiger charge is 2.30. The molecule has 40 heavy (non-hydrogen) atoms. The van der Waals surface area contributed by atoms with Crippen LogP contribution in [0, 0.1) is 11.7 Å². The zero-order chi connectivity index (χ0) is 27.8. The van der Waals surface area contributed by atoms with Crippen LogP contribution in [0.4, 0.5) is 10.3 Å². The van der Waals surface area contributed by atoms with Crippen LogP contribution >= 0.6 is 0 Å². The van der Waals surface area contributed by atoms with E-state index in [2.05, 4.69) is 32.2 Å². The van der Waals surface area contributed by atoms with E-state index in [9.17, 15) is 14.0 Å². The Bertz CT molecular complexity index is 1730. The van der Waals surface area contributed by atoms with Gasteiger partial charge in [0, 0.05) is 35.8 Å². The predicted molar refractivity (Wildman–Crippen MR) is 152 cm³/mol. The number of nitrogens with one attached hydrogen (secondary N) is 2. The summed E-state index contributed by atoms with van der Waals surface area (Å²) in [6, 6.07) is 15.9. The highest BCUT2D eigenvalue weighted by atomic mass is 19.1. The molecule has 204 valence electrons. The van der Waals surface area contributed by atoms with Crippen LogP contribution in [-0.4, -0.2) is 31.0 Å². The standard InChI is InChI=1S/C31H31FN6O2/c1-3-4-13-37-18-26(30(40)33-19(2)21-6-5-7-24(32)15-21)25-16-22(10-11-27(25)37)23-12-14-38-28(17-23)34-31(36-38)35-29(39)20-8-9-20/h5-7,10-12,14-20H,3-4,8-9,13H2,1-2H3,(H,33,40)(H,35,36,39)/t19-/m0/s1. The second kappa shape index (κ2) is 10.6. The highest BCUT2D eigenvalue weighted by Crippen LogP contribution is 2.31. The van der Waals surface area contributed by atoms with Gasteiger partial charge in [0.05, 0.1) is 11.6 Å². The number of carbonyl (C=O) groups excluding carboxylic acids is 2. The van der Waals surface area contributed by atoms with Crippen molar-refractivity contribution < 1.29 is 14.0 Å². The summed E-state index contributed by atoms with van der Waals surface area (Å²) < 4.78 is 17.5. The number of amides is 2. The summed E-state index contributed by atoms with van der Waals surface area (Å²) in [6.45, 7) is 4.80. The monoisotopic (exact) mass is 538 g/mol. The fourth-order valence-corrected chi connectivity index (χ4v) is 4.98. The fourth-order valence-electron chi connectivity index (χ4n) is 4.98. The molecule has 0 radical (unpaired) electrons. The second-order valence-corrected chi connectivity index (χ2v) is 10.5. The van der Waals surface area contributed by atoms with Gasteiger partial charge in [0.2, 0.25) is 11.9 Å². The summed E-state index contributed by atoms with van der Waals surface area (Å²) in [4.78, 5) is 30.1. The predicted octanol–water partition coefficient (Wildman–Crippen LogP) is 6.13. The molecule has 0 bridgehead atoms. The van der Waals surface area contributed by atoms with E-state index < -0.39 is 0 Å². The summed E-state index contributed by atoms with van der Waals surface area (Å²) in [5.41, 5.74) is 4.73. The lowest BCUT2D eigenvalue weighted by Crippen LogP contribution is -2.26. The molecule has 1 aliphatic carbocycles. The van der Waals surface area contributed by atoms with Gasteiger partial charge in [0.15, 0.2) is 5.65 Å². The minimum Gasteiger partial charge on any atom is -0.347 e. The van der Waals surface area contributed by atoms with E-state index in [-0.39, 0.29) is 29.6 Å². The number of unbranched alkanes of at least 4 members (excludes halogenated alkanes) is 1. The first-order valence-electron chi connectivity index (χ1n) is 13.8. The Labute approximate surface area is 231 Å². The maximum absolute atomic E-state index is 13.8. The molecule has 6 rings (SSSR count). The number of anilines is 1. The van der Waals surface area contributed by atoms with Gasteiger partial charge < -0.3 is 9.88 Å². The van der Waals surface area contributed by atoms with E-state index in [0.29, 0.717) is 22.7 Å². The minimum absolute atomic E-state index is 0.0355. The Balaban J connectivity index is 1.32. The van der Waals surface area contributed by atoms with Gasteiger partial charge in [0.1, 0.15) is 5.82 Å². The summed E-state index contributed by atoms with van der Waals surface area (Å²) >= 11 is 0. The number of carbonyl (C=O) groups is 2. The topological polar surface area (TPSA) is 93.3 Å².